The number of rotatable bonds is 5. The van der Waals surface area contributed by atoms with E-state index in [-0.39, 0.29) is 11.9 Å². The van der Waals surface area contributed by atoms with Gasteiger partial charge in [0.1, 0.15) is 12.1 Å². The molecule has 0 saturated carbocycles. The lowest BCUT2D eigenvalue weighted by Crippen LogP contribution is -2.31. The number of para-hydroxylation sites is 1. The molecular formula is C20H19N7O2. The summed E-state index contributed by atoms with van der Waals surface area (Å²) in [6.45, 7) is 1.93. The highest BCUT2D eigenvalue weighted by Crippen LogP contribution is 2.30. The number of benzene rings is 1. The molecule has 0 amide bonds. The minimum atomic E-state index is 0.261. The first kappa shape index (κ1) is 17.5. The summed E-state index contributed by atoms with van der Waals surface area (Å²) in [5, 5.41) is 12.0. The maximum atomic E-state index is 5.89. The van der Waals surface area contributed by atoms with Crippen molar-refractivity contribution in [3.05, 3.63) is 55.0 Å². The average Bonchev–Trinajstić information content (AvgIpc) is 3.46. The Labute approximate surface area is 166 Å². The molecule has 1 N–H and O–H groups in total. The summed E-state index contributed by atoms with van der Waals surface area (Å²) < 4.78 is 13.2. The molecule has 0 spiro atoms. The van der Waals surface area contributed by atoms with Crippen molar-refractivity contribution in [2.24, 2.45) is 0 Å². The third kappa shape index (κ3) is 3.72. The Morgan fingerprint density at radius 1 is 1.07 bits per heavy atom. The number of pyridine rings is 1. The highest BCUT2D eigenvalue weighted by Gasteiger charge is 2.21. The second-order valence-corrected chi connectivity index (χ2v) is 6.74. The van der Waals surface area contributed by atoms with E-state index in [9.17, 15) is 0 Å². The van der Waals surface area contributed by atoms with Crippen LogP contribution in [0, 0.1) is 0 Å². The molecule has 9 nitrogen and oxygen atoms in total. The van der Waals surface area contributed by atoms with Crippen LogP contribution in [0.15, 0.2) is 59.5 Å². The Balaban J connectivity index is 1.40. The highest BCUT2D eigenvalue weighted by molar-refractivity contribution is 5.62. The quantitative estimate of drug-likeness (QED) is 0.555. The number of nitrogens with zero attached hydrogens (tertiary/aromatic N) is 6. The van der Waals surface area contributed by atoms with Gasteiger partial charge in [0.15, 0.2) is 0 Å². The van der Waals surface area contributed by atoms with Crippen LogP contribution < -0.4 is 10.1 Å². The summed E-state index contributed by atoms with van der Waals surface area (Å²) in [6, 6.07) is 13.4. The van der Waals surface area contributed by atoms with Crippen molar-refractivity contribution < 1.29 is 9.26 Å². The van der Waals surface area contributed by atoms with Crippen LogP contribution in [0.5, 0.6) is 11.6 Å². The Bertz CT molecular complexity index is 1090. The number of aromatic nitrogens is 6. The Morgan fingerprint density at radius 3 is 2.86 bits per heavy atom. The molecule has 146 valence electrons. The van der Waals surface area contributed by atoms with Crippen molar-refractivity contribution in [2.75, 3.05) is 13.1 Å². The van der Waals surface area contributed by atoms with E-state index < -0.39 is 0 Å². The number of piperidine rings is 1. The molecule has 9 heteroatoms. The zero-order chi connectivity index (χ0) is 19.5. The molecular weight excluding hydrogens is 370 g/mol. The maximum absolute atomic E-state index is 5.89. The predicted octanol–water partition coefficient (Wildman–Crippen LogP) is 3.11. The fourth-order valence-corrected chi connectivity index (χ4v) is 3.27. The van der Waals surface area contributed by atoms with Crippen molar-refractivity contribution in [3.8, 4) is 34.7 Å². The van der Waals surface area contributed by atoms with Gasteiger partial charge >= 0.3 is 0 Å². The zero-order valence-electron chi connectivity index (χ0n) is 15.6. The first-order valence-electron chi connectivity index (χ1n) is 9.51. The lowest BCUT2D eigenvalue weighted by Gasteiger charge is -2.22. The van der Waals surface area contributed by atoms with Crippen LogP contribution in [0.2, 0.25) is 0 Å². The summed E-state index contributed by atoms with van der Waals surface area (Å²) in [7, 11) is 0. The molecule has 1 atom stereocenters. The van der Waals surface area contributed by atoms with Crippen LogP contribution in [-0.4, -0.2) is 43.0 Å². The summed E-state index contributed by atoms with van der Waals surface area (Å²) in [5.41, 5.74) is 0.627. The molecule has 1 unspecified atom stereocenters. The Hall–Kier alpha value is -3.59. The van der Waals surface area contributed by atoms with E-state index >= 15 is 0 Å². The van der Waals surface area contributed by atoms with Gasteiger partial charge in [-0.2, -0.15) is 4.98 Å². The van der Waals surface area contributed by atoms with E-state index in [1.54, 1.807) is 18.6 Å². The third-order valence-electron chi connectivity index (χ3n) is 4.74. The van der Waals surface area contributed by atoms with Crippen LogP contribution in [-0.2, 0) is 0 Å². The molecule has 0 radical (unpaired) electrons. The van der Waals surface area contributed by atoms with E-state index in [1.807, 2.05) is 41.1 Å². The van der Waals surface area contributed by atoms with E-state index in [0.717, 1.165) is 25.9 Å². The normalized spacial score (nSPS) is 16.6. The maximum Gasteiger partial charge on any atom is 0.297 e. The summed E-state index contributed by atoms with van der Waals surface area (Å²) in [5.74, 6) is 2.12. The number of nitrogens with one attached hydrogen (secondary N) is 1. The van der Waals surface area contributed by atoms with Crippen molar-refractivity contribution in [2.45, 2.75) is 18.9 Å². The molecule has 29 heavy (non-hydrogen) atoms. The number of hydrogen-bond donors (Lipinski definition) is 1. The van der Waals surface area contributed by atoms with Gasteiger partial charge in [-0.1, -0.05) is 23.4 Å². The van der Waals surface area contributed by atoms with Gasteiger partial charge in [0.05, 0.1) is 11.6 Å². The minimum absolute atomic E-state index is 0.261. The SMILES string of the molecule is c1ccc(Oc2ncccc2-c2noc(-c3ncn(C4CCCNC4)n3)n2)cc1. The van der Waals surface area contributed by atoms with E-state index in [2.05, 4.69) is 30.5 Å². The predicted molar refractivity (Wildman–Crippen MR) is 104 cm³/mol. The first-order chi connectivity index (χ1) is 14.4. The smallest absolute Gasteiger partial charge is 0.297 e. The van der Waals surface area contributed by atoms with Gasteiger partial charge in [0.25, 0.3) is 5.89 Å². The van der Waals surface area contributed by atoms with Crippen LogP contribution in [0.1, 0.15) is 18.9 Å². The van der Waals surface area contributed by atoms with Crippen molar-refractivity contribution >= 4 is 0 Å². The molecule has 5 rings (SSSR count). The molecule has 0 aliphatic carbocycles. The molecule has 0 bridgehead atoms. The molecule has 3 aromatic heterocycles. The monoisotopic (exact) mass is 389 g/mol. The first-order valence-corrected chi connectivity index (χ1v) is 9.51. The van der Waals surface area contributed by atoms with Gasteiger partial charge in [-0.05, 0) is 43.7 Å². The molecule has 1 fully saturated rings. The lowest BCUT2D eigenvalue weighted by atomic mass is 10.1. The molecule has 4 heterocycles. The van der Waals surface area contributed by atoms with E-state index in [4.69, 9.17) is 9.26 Å². The largest absolute Gasteiger partial charge is 0.438 e. The molecule has 1 aliphatic rings. The fourth-order valence-electron chi connectivity index (χ4n) is 3.27. The lowest BCUT2D eigenvalue weighted by molar-refractivity contribution is 0.345. The molecule has 1 saturated heterocycles. The van der Waals surface area contributed by atoms with Gasteiger partial charge in [-0.15, -0.1) is 5.10 Å². The Kier molecular flexibility index (Phi) is 4.71. The standard InChI is InChI=1S/C20H19N7O2/c1-2-7-15(8-3-1)28-19-16(9-5-11-22-19)17-24-20(29-26-17)18-23-13-27(25-18)14-6-4-10-21-12-14/h1-3,5,7-9,11,13-14,21H,4,6,10,12H2. The second kappa shape index (κ2) is 7.80. The van der Waals surface area contributed by atoms with Gasteiger partial charge in [-0.3, -0.25) is 0 Å². The van der Waals surface area contributed by atoms with E-state index in [1.165, 1.54) is 0 Å². The van der Waals surface area contributed by atoms with Gasteiger partial charge < -0.3 is 14.6 Å². The Morgan fingerprint density at radius 2 is 2.00 bits per heavy atom. The average molecular weight is 389 g/mol. The van der Waals surface area contributed by atoms with Crippen molar-refractivity contribution in [1.29, 1.82) is 0 Å². The van der Waals surface area contributed by atoms with Gasteiger partial charge in [0, 0.05) is 12.7 Å². The van der Waals surface area contributed by atoms with Crippen molar-refractivity contribution in [3.63, 3.8) is 0 Å². The zero-order valence-corrected chi connectivity index (χ0v) is 15.6. The van der Waals surface area contributed by atoms with Crippen molar-refractivity contribution in [1.82, 2.24) is 35.2 Å². The fraction of sp³-hybridized carbons (Fsp3) is 0.250. The summed E-state index contributed by atoms with van der Waals surface area (Å²) in [6.07, 6.45) is 5.56. The molecule has 1 aromatic carbocycles. The minimum Gasteiger partial charge on any atom is -0.438 e. The van der Waals surface area contributed by atoms with Gasteiger partial charge in [-0.25, -0.2) is 14.6 Å². The third-order valence-corrected chi connectivity index (χ3v) is 4.74. The highest BCUT2D eigenvalue weighted by atomic mass is 16.5. The van der Waals surface area contributed by atoms with Crippen LogP contribution in [0.25, 0.3) is 23.1 Å². The van der Waals surface area contributed by atoms with Crippen LogP contribution >= 0.6 is 0 Å². The molecule has 4 aromatic rings. The topological polar surface area (TPSA) is 104 Å². The summed E-state index contributed by atoms with van der Waals surface area (Å²) in [4.78, 5) is 13.1. The van der Waals surface area contributed by atoms with Gasteiger partial charge in [0.2, 0.25) is 17.5 Å². The number of ether oxygens (including phenoxy) is 1. The number of hydrogen-bond acceptors (Lipinski definition) is 8. The summed E-state index contributed by atoms with van der Waals surface area (Å²) >= 11 is 0. The van der Waals surface area contributed by atoms with Crippen LogP contribution in [0.4, 0.5) is 0 Å². The van der Waals surface area contributed by atoms with E-state index in [0.29, 0.717) is 28.8 Å². The molecule has 1 aliphatic heterocycles. The van der Waals surface area contributed by atoms with Crippen LogP contribution in [0.3, 0.4) is 0 Å². The second-order valence-electron chi connectivity index (χ2n) is 6.74.